The first-order valence-corrected chi connectivity index (χ1v) is 16.0. The lowest BCUT2D eigenvalue weighted by Gasteiger charge is -2.38. The van der Waals surface area contributed by atoms with E-state index in [1.54, 1.807) is 0 Å². The summed E-state index contributed by atoms with van der Waals surface area (Å²) in [7, 11) is 0. The number of benzene rings is 7. The van der Waals surface area contributed by atoms with Gasteiger partial charge in [0, 0.05) is 16.5 Å². The van der Waals surface area contributed by atoms with Crippen LogP contribution in [0.15, 0.2) is 176 Å². The number of hydrogen-bond acceptors (Lipinski definition) is 1. The largest absolute Gasteiger partial charge is 0.457 e. The van der Waals surface area contributed by atoms with Gasteiger partial charge in [0.15, 0.2) is 0 Å². The summed E-state index contributed by atoms with van der Waals surface area (Å²) in [5.74, 6) is 1.82. The molecule has 0 fully saturated rings. The standard InChI is InChI=1S/C45H32O/c1-44(33-16-4-2-5-17-33)40-25-12-13-26-42(40)46-43-28-27-32(30-41(43)44)31-15-14-20-35(29-31)45(34-18-6-3-7-19-34)38-23-10-8-21-36(38)37-22-9-11-24-39(37)45/h2-30H,1H3. The summed E-state index contributed by atoms with van der Waals surface area (Å²) >= 11 is 0. The molecule has 9 rings (SSSR count). The van der Waals surface area contributed by atoms with E-state index in [2.05, 4.69) is 183 Å². The summed E-state index contributed by atoms with van der Waals surface area (Å²) in [5.41, 5.74) is 13.0. The van der Waals surface area contributed by atoms with E-state index in [0.717, 1.165) is 11.5 Å². The van der Waals surface area contributed by atoms with Crippen LogP contribution in [0.4, 0.5) is 0 Å². The second kappa shape index (κ2) is 10.2. The van der Waals surface area contributed by atoms with Crippen LogP contribution >= 0.6 is 0 Å². The fourth-order valence-electron chi connectivity index (χ4n) is 8.15. The van der Waals surface area contributed by atoms with Crippen molar-refractivity contribution in [2.75, 3.05) is 0 Å². The van der Waals surface area contributed by atoms with Gasteiger partial charge in [-0.1, -0.05) is 152 Å². The van der Waals surface area contributed by atoms with Gasteiger partial charge in [0.1, 0.15) is 11.5 Å². The highest BCUT2D eigenvalue weighted by Gasteiger charge is 2.46. The lowest BCUT2D eigenvalue weighted by molar-refractivity contribution is 0.427. The van der Waals surface area contributed by atoms with E-state index >= 15 is 0 Å². The molecule has 1 unspecified atom stereocenters. The number of fused-ring (bicyclic) bond motifs is 5. The average Bonchev–Trinajstić information content (AvgIpc) is 3.44. The number of para-hydroxylation sites is 1. The van der Waals surface area contributed by atoms with Gasteiger partial charge in [0.2, 0.25) is 0 Å². The molecule has 1 aliphatic carbocycles. The minimum absolute atomic E-state index is 0.367. The zero-order valence-electron chi connectivity index (χ0n) is 25.7. The Kier molecular flexibility index (Phi) is 5.92. The fraction of sp³-hybridized carbons (Fsp3) is 0.0667. The molecule has 1 heterocycles. The molecule has 0 bridgehead atoms. The molecule has 7 aromatic carbocycles. The van der Waals surface area contributed by atoms with Crippen molar-refractivity contribution in [2.45, 2.75) is 17.8 Å². The van der Waals surface area contributed by atoms with Crippen molar-refractivity contribution in [3.05, 3.63) is 215 Å². The summed E-state index contributed by atoms with van der Waals surface area (Å²) in [6.07, 6.45) is 0. The van der Waals surface area contributed by atoms with Gasteiger partial charge in [-0.25, -0.2) is 0 Å². The van der Waals surface area contributed by atoms with Crippen LogP contribution in [-0.4, -0.2) is 0 Å². The Morgan fingerprint density at radius 1 is 0.370 bits per heavy atom. The smallest absolute Gasteiger partial charge is 0.131 e. The minimum Gasteiger partial charge on any atom is -0.457 e. The molecule has 1 atom stereocenters. The van der Waals surface area contributed by atoms with E-state index < -0.39 is 5.41 Å². The highest BCUT2D eigenvalue weighted by Crippen LogP contribution is 2.57. The van der Waals surface area contributed by atoms with Gasteiger partial charge in [-0.15, -0.1) is 0 Å². The molecule has 0 aromatic heterocycles. The molecule has 0 spiro atoms. The Morgan fingerprint density at radius 2 is 0.891 bits per heavy atom. The van der Waals surface area contributed by atoms with Gasteiger partial charge in [-0.05, 0) is 81.3 Å². The van der Waals surface area contributed by atoms with Crippen molar-refractivity contribution in [3.63, 3.8) is 0 Å². The molecule has 0 radical (unpaired) electrons. The predicted octanol–water partition coefficient (Wildman–Crippen LogP) is 11.2. The molecule has 1 heteroatoms. The van der Waals surface area contributed by atoms with Crippen LogP contribution in [0.1, 0.15) is 45.9 Å². The second-order valence-electron chi connectivity index (χ2n) is 12.6. The third kappa shape index (κ3) is 3.69. The Morgan fingerprint density at radius 3 is 1.59 bits per heavy atom. The molecule has 7 aromatic rings. The molecule has 0 N–H and O–H groups in total. The highest BCUT2D eigenvalue weighted by atomic mass is 16.5. The van der Waals surface area contributed by atoms with Gasteiger partial charge in [-0.2, -0.15) is 0 Å². The molecular weight excluding hydrogens is 556 g/mol. The molecule has 46 heavy (non-hydrogen) atoms. The molecule has 0 saturated heterocycles. The first kappa shape index (κ1) is 26.7. The van der Waals surface area contributed by atoms with E-state index in [9.17, 15) is 0 Å². The Bertz CT molecular complexity index is 2200. The lowest BCUT2D eigenvalue weighted by Crippen LogP contribution is -2.29. The Balaban J connectivity index is 1.26. The first-order valence-electron chi connectivity index (χ1n) is 16.0. The van der Waals surface area contributed by atoms with Crippen LogP contribution < -0.4 is 4.74 Å². The van der Waals surface area contributed by atoms with E-state index in [0.29, 0.717) is 0 Å². The molecule has 2 aliphatic rings. The molecular formula is C45H32O. The van der Waals surface area contributed by atoms with Crippen molar-refractivity contribution in [3.8, 4) is 33.8 Å². The lowest BCUT2D eigenvalue weighted by atomic mass is 9.67. The van der Waals surface area contributed by atoms with Crippen molar-refractivity contribution in [1.82, 2.24) is 0 Å². The van der Waals surface area contributed by atoms with Crippen molar-refractivity contribution in [2.24, 2.45) is 0 Å². The summed E-state index contributed by atoms with van der Waals surface area (Å²) in [6, 6.07) is 64.0. The van der Waals surface area contributed by atoms with E-state index in [-0.39, 0.29) is 5.41 Å². The Labute approximate surface area is 270 Å². The van der Waals surface area contributed by atoms with E-state index in [1.807, 2.05) is 0 Å². The third-order valence-electron chi connectivity index (χ3n) is 10.3. The fourth-order valence-corrected chi connectivity index (χ4v) is 8.15. The zero-order chi connectivity index (χ0) is 30.7. The van der Waals surface area contributed by atoms with Crippen LogP contribution in [0.5, 0.6) is 11.5 Å². The van der Waals surface area contributed by atoms with Gasteiger partial charge in [0.05, 0.1) is 5.41 Å². The van der Waals surface area contributed by atoms with Crippen LogP contribution in [0.3, 0.4) is 0 Å². The maximum Gasteiger partial charge on any atom is 0.131 e. The van der Waals surface area contributed by atoms with E-state index in [4.69, 9.17) is 4.74 Å². The second-order valence-corrected chi connectivity index (χ2v) is 12.6. The molecule has 1 aliphatic heterocycles. The average molecular weight is 589 g/mol. The highest BCUT2D eigenvalue weighted by molar-refractivity contribution is 5.86. The summed E-state index contributed by atoms with van der Waals surface area (Å²) in [4.78, 5) is 0. The molecule has 0 amide bonds. The van der Waals surface area contributed by atoms with E-state index in [1.165, 1.54) is 61.2 Å². The van der Waals surface area contributed by atoms with Crippen LogP contribution in [0, 0.1) is 0 Å². The molecule has 218 valence electrons. The quantitative estimate of drug-likeness (QED) is 0.199. The topological polar surface area (TPSA) is 9.23 Å². The Hall–Kier alpha value is -5.66. The van der Waals surface area contributed by atoms with Gasteiger partial charge in [0.25, 0.3) is 0 Å². The van der Waals surface area contributed by atoms with Crippen molar-refractivity contribution >= 4 is 0 Å². The predicted molar refractivity (Wildman–Crippen MR) is 188 cm³/mol. The van der Waals surface area contributed by atoms with Crippen LogP contribution in [0.25, 0.3) is 22.3 Å². The zero-order valence-corrected chi connectivity index (χ0v) is 25.7. The van der Waals surface area contributed by atoms with Crippen LogP contribution in [0.2, 0.25) is 0 Å². The monoisotopic (exact) mass is 588 g/mol. The summed E-state index contributed by atoms with van der Waals surface area (Å²) < 4.78 is 6.54. The normalized spacial score (nSPS) is 16.8. The van der Waals surface area contributed by atoms with Crippen LogP contribution in [-0.2, 0) is 10.8 Å². The van der Waals surface area contributed by atoms with Crippen molar-refractivity contribution < 1.29 is 4.74 Å². The summed E-state index contributed by atoms with van der Waals surface area (Å²) in [6.45, 7) is 2.33. The number of hydrogen-bond donors (Lipinski definition) is 0. The maximum absolute atomic E-state index is 6.54. The van der Waals surface area contributed by atoms with Gasteiger partial charge in [-0.3, -0.25) is 0 Å². The molecule has 0 saturated carbocycles. The number of ether oxygens (including phenoxy) is 1. The maximum atomic E-state index is 6.54. The summed E-state index contributed by atoms with van der Waals surface area (Å²) in [5, 5.41) is 0. The van der Waals surface area contributed by atoms with Gasteiger partial charge >= 0.3 is 0 Å². The van der Waals surface area contributed by atoms with Crippen molar-refractivity contribution in [1.29, 1.82) is 0 Å². The first-order chi connectivity index (χ1) is 22.7. The number of rotatable bonds is 4. The minimum atomic E-state index is -0.431. The SMILES string of the molecule is CC1(c2ccccc2)c2ccccc2Oc2ccc(-c3cccc(C4(c5ccccc5)c5ccccc5-c5ccccc54)c3)cc21. The van der Waals surface area contributed by atoms with Gasteiger partial charge < -0.3 is 4.74 Å². The molecule has 1 nitrogen and oxygen atoms in total. The third-order valence-corrected chi connectivity index (χ3v) is 10.3.